The fourth-order valence-electron chi connectivity index (χ4n) is 3.33. The number of esters is 1. The van der Waals surface area contributed by atoms with E-state index in [2.05, 4.69) is 9.55 Å². The van der Waals surface area contributed by atoms with Crippen LogP contribution in [0.25, 0.3) is 21.8 Å². The van der Waals surface area contributed by atoms with Crippen molar-refractivity contribution in [3.05, 3.63) is 77.6 Å². The minimum atomic E-state index is -0.560. The summed E-state index contributed by atoms with van der Waals surface area (Å²) in [5.41, 5.74) is 3.18. The van der Waals surface area contributed by atoms with Crippen LogP contribution in [0.2, 0.25) is 0 Å². The molecule has 4 rings (SSSR count). The lowest BCUT2D eigenvalue weighted by Gasteiger charge is -2.09. The molecule has 4 aromatic rings. The zero-order valence-electron chi connectivity index (χ0n) is 14.2. The monoisotopic (exact) mass is 344 g/mol. The highest BCUT2D eigenvalue weighted by atomic mass is 16.5. The van der Waals surface area contributed by atoms with E-state index in [-0.39, 0.29) is 11.4 Å². The van der Waals surface area contributed by atoms with Crippen molar-refractivity contribution in [3.63, 3.8) is 0 Å². The summed E-state index contributed by atoms with van der Waals surface area (Å²) in [4.78, 5) is 27.9. The number of carbonyl (C=O) groups is 2. The van der Waals surface area contributed by atoms with Crippen molar-refractivity contribution in [2.75, 3.05) is 7.11 Å². The van der Waals surface area contributed by atoms with Gasteiger partial charge in [-0.2, -0.15) is 0 Å². The van der Waals surface area contributed by atoms with Crippen LogP contribution < -0.4 is 0 Å². The van der Waals surface area contributed by atoms with Crippen molar-refractivity contribution >= 4 is 34.1 Å². The summed E-state index contributed by atoms with van der Waals surface area (Å²) < 4.78 is 6.84. The molecule has 0 N–H and O–H groups in total. The number of ether oxygens (including phenoxy) is 1. The summed E-state index contributed by atoms with van der Waals surface area (Å²) in [6.45, 7) is 0.602. The maximum absolute atomic E-state index is 12.0. The fourth-order valence-corrected chi connectivity index (χ4v) is 3.33. The van der Waals surface area contributed by atoms with Gasteiger partial charge in [-0.15, -0.1) is 0 Å². The van der Waals surface area contributed by atoms with Crippen LogP contribution in [0.5, 0.6) is 0 Å². The number of nitrogens with zero attached hydrogens (tertiary/aromatic N) is 2. The van der Waals surface area contributed by atoms with Gasteiger partial charge in [0.2, 0.25) is 0 Å². The standard InChI is InChI=1S/C21H16N2O3/c1-26-21(25)17-11-16-15-9-5-6-10-19(15)23(20(16)18(13-24)22-17)12-14-7-3-2-4-8-14/h2-11,13H,12H2,1H3. The van der Waals surface area contributed by atoms with Crippen molar-refractivity contribution in [1.82, 2.24) is 9.55 Å². The quantitative estimate of drug-likeness (QED) is 0.417. The van der Waals surface area contributed by atoms with Gasteiger partial charge in [0.25, 0.3) is 0 Å². The molecule has 0 atom stereocenters. The van der Waals surface area contributed by atoms with Gasteiger partial charge in [0, 0.05) is 22.8 Å². The van der Waals surface area contributed by atoms with Crippen molar-refractivity contribution in [1.29, 1.82) is 0 Å². The Morgan fingerprint density at radius 1 is 1.08 bits per heavy atom. The topological polar surface area (TPSA) is 61.2 Å². The normalized spacial score (nSPS) is 11.0. The van der Waals surface area contributed by atoms with Crippen LogP contribution in [0, 0.1) is 0 Å². The Morgan fingerprint density at radius 2 is 1.81 bits per heavy atom. The molecule has 0 bridgehead atoms. The van der Waals surface area contributed by atoms with Gasteiger partial charge in [-0.1, -0.05) is 48.5 Å². The summed E-state index contributed by atoms with van der Waals surface area (Å²) in [7, 11) is 1.30. The molecule has 0 saturated carbocycles. The molecule has 0 aliphatic rings. The fraction of sp³-hybridized carbons (Fsp3) is 0.0952. The minimum Gasteiger partial charge on any atom is -0.464 e. The van der Waals surface area contributed by atoms with Gasteiger partial charge in [0.15, 0.2) is 6.29 Å². The number of hydrogen-bond donors (Lipinski definition) is 0. The van der Waals surface area contributed by atoms with Gasteiger partial charge < -0.3 is 9.30 Å². The molecular formula is C21H16N2O3. The number of hydrogen-bond acceptors (Lipinski definition) is 4. The number of aldehydes is 1. The largest absolute Gasteiger partial charge is 0.464 e. The number of rotatable bonds is 4. The smallest absolute Gasteiger partial charge is 0.356 e. The number of para-hydroxylation sites is 1. The first-order chi connectivity index (χ1) is 12.7. The summed E-state index contributed by atoms with van der Waals surface area (Å²) in [6, 6.07) is 19.6. The maximum atomic E-state index is 12.0. The SMILES string of the molecule is COC(=O)c1cc2c3ccccc3n(Cc3ccccc3)c2c(C=O)n1. The van der Waals surface area contributed by atoms with Gasteiger partial charge >= 0.3 is 5.97 Å². The number of aromatic nitrogens is 2. The van der Waals surface area contributed by atoms with E-state index in [1.807, 2.05) is 54.6 Å². The first kappa shape index (κ1) is 16.0. The van der Waals surface area contributed by atoms with Crippen LogP contribution in [0.15, 0.2) is 60.7 Å². The molecule has 0 saturated heterocycles. The zero-order valence-corrected chi connectivity index (χ0v) is 14.2. The molecule has 2 aromatic heterocycles. The van der Waals surface area contributed by atoms with Crippen LogP contribution in [0.4, 0.5) is 0 Å². The second-order valence-electron chi connectivity index (χ2n) is 5.99. The average Bonchev–Trinajstić information content (AvgIpc) is 3.01. The molecule has 0 radical (unpaired) electrons. The highest BCUT2D eigenvalue weighted by Gasteiger charge is 2.19. The molecule has 0 amide bonds. The molecule has 128 valence electrons. The average molecular weight is 344 g/mol. The Labute approximate surface area is 149 Å². The Morgan fingerprint density at radius 3 is 2.54 bits per heavy atom. The van der Waals surface area contributed by atoms with Gasteiger partial charge in [0.05, 0.1) is 12.6 Å². The van der Waals surface area contributed by atoms with E-state index in [1.54, 1.807) is 6.07 Å². The van der Waals surface area contributed by atoms with Gasteiger partial charge in [-0.05, 0) is 17.7 Å². The highest BCUT2D eigenvalue weighted by Crippen LogP contribution is 2.31. The number of carbonyl (C=O) groups excluding carboxylic acids is 2. The third-order valence-corrected chi connectivity index (χ3v) is 4.46. The van der Waals surface area contributed by atoms with E-state index >= 15 is 0 Å². The van der Waals surface area contributed by atoms with Crippen LogP contribution in [-0.4, -0.2) is 28.9 Å². The predicted molar refractivity (Wildman–Crippen MR) is 99.5 cm³/mol. The molecular weight excluding hydrogens is 328 g/mol. The van der Waals surface area contributed by atoms with E-state index in [0.717, 1.165) is 27.4 Å². The zero-order chi connectivity index (χ0) is 18.1. The summed E-state index contributed by atoms with van der Waals surface area (Å²) in [5.74, 6) is -0.560. The number of benzene rings is 2. The molecule has 26 heavy (non-hydrogen) atoms. The van der Waals surface area contributed by atoms with E-state index in [9.17, 15) is 9.59 Å². The lowest BCUT2D eigenvalue weighted by Crippen LogP contribution is -2.08. The molecule has 0 spiro atoms. The van der Waals surface area contributed by atoms with Crippen molar-refractivity contribution < 1.29 is 14.3 Å². The van der Waals surface area contributed by atoms with E-state index in [0.29, 0.717) is 12.8 Å². The Bertz CT molecular complexity index is 1130. The molecule has 0 aliphatic carbocycles. The molecule has 5 nitrogen and oxygen atoms in total. The second kappa shape index (κ2) is 6.44. The van der Waals surface area contributed by atoms with Crippen molar-refractivity contribution in [2.45, 2.75) is 6.54 Å². The third kappa shape index (κ3) is 2.54. The molecule has 2 heterocycles. The van der Waals surface area contributed by atoms with Gasteiger partial charge in [0.1, 0.15) is 11.4 Å². The maximum Gasteiger partial charge on any atom is 0.356 e. The Kier molecular flexibility index (Phi) is 3.97. The Hall–Kier alpha value is -3.47. The minimum absolute atomic E-state index is 0.129. The first-order valence-corrected chi connectivity index (χ1v) is 8.22. The number of methoxy groups -OCH3 is 1. The molecule has 0 aliphatic heterocycles. The molecule has 0 fully saturated rings. The van der Waals surface area contributed by atoms with Crippen LogP contribution in [0.1, 0.15) is 26.5 Å². The molecule has 2 aromatic carbocycles. The lowest BCUT2D eigenvalue weighted by molar-refractivity contribution is 0.0594. The van der Waals surface area contributed by atoms with Crippen molar-refractivity contribution in [3.8, 4) is 0 Å². The first-order valence-electron chi connectivity index (χ1n) is 8.22. The van der Waals surface area contributed by atoms with Crippen LogP contribution in [0.3, 0.4) is 0 Å². The molecule has 5 heteroatoms. The molecule has 0 unspecified atom stereocenters. The van der Waals surface area contributed by atoms with Gasteiger partial charge in [-0.3, -0.25) is 4.79 Å². The van der Waals surface area contributed by atoms with E-state index < -0.39 is 5.97 Å². The highest BCUT2D eigenvalue weighted by molar-refractivity contribution is 6.13. The van der Waals surface area contributed by atoms with Crippen molar-refractivity contribution in [2.24, 2.45) is 0 Å². The second-order valence-corrected chi connectivity index (χ2v) is 5.99. The van der Waals surface area contributed by atoms with Gasteiger partial charge in [-0.25, -0.2) is 9.78 Å². The summed E-state index contributed by atoms with van der Waals surface area (Å²) in [6.07, 6.45) is 0.690. The van der Waals surface area contributed by atoms with E-state index in [4.69, 9.17) is 4.74 Å². The Balaban J connectivity index is 2.06. The van der Waals surface area contributed by atoms with Crippen LogP contribution in [-0.2, 0) is 11.3 Å². The van der Waals surface area contributed by atoms with E-state index in [1.165, 1.54) is 7.11 Å². The summed E-state index contributed by atoms with van der Waals surface area (Å²) >= 11 is 0. The lowest BCUT2D eigenvalue weighted by atomic mass is 10.1. The number of pyridine rings is 1. The van der Waals surface area contributed by atoms with Crippen LogP contribution >= 0.6 is 0 Å². The number of fused-ring (bicyclic) bond motifs is 3. The predicted octanol–water partition coefficient (Wildman–Crippen LogP) is 3.84. The third-order valence-electron chi connectivity index (χ3n) is 4.46. The summed E-state index contributed by atoms with van der Waals surface area (Å²) in [5, 5.41) is 1.78.